The Kier molecular flexibility index (Phi) is 5.68. The fraction of sp³-hybridized carbons (Fsp3) is 0.500. The van der Waals surface area contributed by atoms with Crippen LogP contribution in [0.25, 0.3) is 5.69 Å². The zero-order valence-corrected chi connectivity index (χ0v) is 16.0. The third kappa shape index (κ3) is 3.51. The molecule has 0 spiro atoms. The van der Waals surface area contributed by atoms with Crippen molar-refractivity contribution in [2.24, 2.45) is 11.7 Å². The lowest BCUT2D eigenvalue weighted by molar-refractivity contribution is 0.0927. The Bertz CT molecular complexity index is 780. The van der Waals surface area contributed by atoms with E-state index in [0.29, 0.717) is 18.2 Å². The molecular weight excluding hydrogens is 348 g/mol. The van der Waals surface area contributed by atoms with Crippen LogP contribution in [0.2, 0.25) is 0 Å². The molecule has 140 valence electrons. The summed E-state index contributed by atoms with van der Waals surface area (Å²) in [5, 5.41) is 7.81. The lowest BCUT2D eigenvalue weighted by Crippen LogP contribution is -2.42. The summed E-state index contributed by atoms with van der Waals surface area (Å²) >= 11 is 0. The van der Waals surface area contributed by atoms with Crippen molar-refractivity contribution in [3.63, 3.8) is 0 Å². The Balaban J connectivity index is 0.00000196. The standard InChI is InChI=1S/C20H26N4O.ClH/c1-2-13-6-10-15(11-7-13)24-18-5-3-4-16(18)19(23-24)20(25)22-17(12-21)14-8-9-14;/h6-7,10-11,14,17H,2-5,8-9,12,21H2,1H3,(H,22,25);1H. The molecule has 2 aromatic rings. The number of fused-ring (bicyclic) bond motifs is 1. The zero-order chi connectivity index (χ0) is 17.4. The van der Waals surface area contributed by atoms with Gasteiger partial charge in [0.05, 0.1) is 5.69 Å². The van der Waals surface area contributed by atoms with Gasteiger partial charge in [0.25, 0.3) is 5.91 Å². The number of aryl methyl sites for hydroxylation is 1. The number of nitrogens with zero attached hydrogens (tertiary/aromatic N) is 2. The number of carbonyl (C=O) groups is 1. The van der Waals surface area contributed by atoms with Crippen LogP contribution in [0.5, 0.6) is 0 Å². The molecular formula is C20H27ClN4O. The number of halogens is 1. The summed E-state index contributed by atoms with van der Waals surface area (Å²) < 4.78 is 1.96. The van der Waals surface area contributed by atoms with E-state index in [4.69, 9.17) is 5.73 Å². The van der Waals surface area contributed by atoms with E-state index in [9.17, 15) is 4.79 Å². The normalized spacial score (nSPS) is 16.7. The molecule has 1 aromatic carbocycles. The molecule has 1 amide bonds. The molecule has 0 saturated heterocycles. The maximum absolute atomic E-state index is 12.8. The Labute approximate surface area is 160 Å². The van der Waals surface area contributed by atoms with Crippen LogP contribution in [0.15, 0.2) is 24.3 Å². The highest BCUT2D eigenvalue weighted by Gasteiger charge is 2.33. The molecule has 3 N–H and O–H groups in total. The molecule has 6 heteroatoms. The molecule has 0 bridgehead atoms. The minimum atomic E-state index is -0.0653. The molecule has 1 fully saturated rings. The topological polar surface area (TPSA) is 72.9 Å². The number of benzene rings is 1. The molecule has 0 radical (unpaired) electrons. The third-order valence-electron chi connectivity index (χ3n) is 5.50. The number of hydrogen-bond acceptors (Lipinski definition) is 3. The summed E-state index contributed by atoms with van der Waals surface area (Å²) in [4.78, 5) is 12.8. The number of rotatable bonds is 6. The van der Waals surface area contributed by atoms with Gasteiger partial charge in [-0.25, -0.2) is 4.68 Å². The van der Waals surface area contributed by atoms with E-state index in [1.165, 1.54) is 24.1 Å². The first-order chi connectivity index (χ1) is 12.2. The van der Waals surface area contributed by atoms with Crippen molar-refractivity contribution in [1.82, 2.24) is 15.1 Å². The van der Waals surface area contributed by atoms with Crippen LogP contribution in [0.4, 0.5) is 0 Å². The summed E-state index contributed by atoms with van der Waals surface area (Å²) in [6, 6.07) is 8.54. The molecule has 1 unspecified atom stereocenters. The maximum Gasteiger partial charge on any atom is 0.272 e. The Morgan fingerprint density at radius 1 is 1.31 bits per heavy atom. The highest BCUT2D eigenvalue weighted by molar-refractivity contribution is 5.94. The van der Waals surface area contributed by atoms with Gasteiger partial charge in [0.2, 0.25) is 0 Å². The van der Waals surface area contributed by atoms with Crippen molar-refractivity contribution in [2.45, 2.75) is 51.5 Å². The van der Waals surface area contributed by atoms with Crippen LogP contribution < -0.4 is 11.1 Å². The minimum absolute atomic E-state index is 0. The van der Waals surface area contributed by atoms with Crippen molar-refractivity contribution in [1.29, 1.82) is 0 Å². The fourth-order valence-electron chi connectivity index (χ4n) is 3.81. The predicted molar refractivity (Wildman–Crippen MR) is 105 cm³/mol. The van der Waals surface area contributed by atoms with E-state index >= 15 is 0 Å². The second kappa shape index (κ2) is 7.80. The van der Waals surface area contributed by atoms with Crippen LogP contribution >= 0.6 is 12.4 Å². The summed E-state index contributed by atoms with van der Waals surface area (Å²) in [6.45, 7) is 2.65. The first-order valence-electron chi connectivity index (χ1n) is 9.42. The highest BCUT2D eigenvalue weighted by atomic mass is 35.5. The second-order valence-electron chi connectivity index (χ2n) is 7.21. The monoisotopic (exact) mass is 374 g/mol. The quantitative estimate of drug-likeness (QED) is 0.816. The Morgan fingerprint density at radius 2 is 2.04 bits per heavy atom. The van der Waals surface area contributed by atoms with Gasteiger partial charge < -0.3 is 11.1 Å². The van der Waals surface area contributed by atoms with Crippen molar-refractivity contribution in [3.05, 3.63) is 46.8 Å². The summed E-state index contributed by atoms with van der Waals surface area (Å²) in [5.41, 5.74) is 11.1. The second-order valence-corrected chi connectivity index (χ2v) is 7.21. The minimum Gasteiger partial charge on any atom is -0.346 e. The maximum atomic E-state index is 12.8. The molecule has 2 aliphatic rings. The van der Waals surface area contributed by atoms with Crippen molar-refractivity contribution in [3.8, 4) is 5.69 Å². The zero-order valence-electron chi connectivity index (χ0n) is 15.2. The summed E-state index contributed by atoms with van der Waals surface area (Å²) in [6.07, 6.45) is 6.35. The molecule has 26 heavy (non-hydrogen) atoms. The summed E-state index contributed by atoms with van der Waals surface area (Å²) in [7, 11) is 0. The number of amides is 1. The largest absolute Gasteiger partial charge is 0.346 e. The SMILES string of the molecule is CCc1ccc(-n2nc(C(=O)NC(CN)C3CC3)c3c2CCC3)cc1.Cl. The van der Waals surface area contributed by atoms with E-state index in [0.717, 1.165) is 36.9 Å². The number of nitrogens with one attached hydrogen (secondary N) is 1. The van der Waals surface area contributed by atoms with Gasteiger partial charge in [-0.15, -0.1) is 12.4 Å². The van der Waals surface area contributed by atoms with Crippen molar-refractivity contribution in [2.75, 3.05) is 6.54 Å². The lowest BCUT2D eigenvalue weighted by atomic mass is 10.1. The van der Waals surface area contributed by atoms with E-state index in [1.807, 2.05) is 4.68 Å². The molecule has 1 heterocycles. The van der Waals surface area contributed by atoms with Gasteiger partial charge in [-0.05, 0) is 62.1 Å². The van der Waals surface area contributed by atoms with Crippen LogP contribution in [-0.2, 0) is 19.3 Å². The van der Waals surface area contributed by atoms with Gasteiger partial charge in [0.1, 0.15) is 0 Å². The van der Waals surface area contributed by atoms with Gasteiger partial charge in [-0.3, -0.25) is 4.79 Å². The predicted octanol–water partition coefficient (Wildman–Crippen LogP) is 2.81. The third-order valence-corrected chi connectivity index (χ3v) is 5.50. The smallest absolute Gasteiger partial charge is 0.272 e. The van der Waals surface area contributed by atoms with E-state index < -0.39 is 0 Å². The summed E-state index contributed by atoms with van der Waals surface area (Å²) in [5.74, 6) is 0.482. The van der Waals surface area contributed by atoms with E-state index in [1.54, 1.807) is 0 Å². The van der Waals surface area contributed by atoms with Crippen molar-refractivity contribution < 1.29 is 4.79 Å². The number of hydrogen-bond donors (Lipinski definition) is 2. The molecule has 4 rings (SSSR count). The van der Waals surface area contributed by atoms with Gasteiger partial charge in [0.15, 0.2) is 5.69 Å². The Morgan fingerprint density at radius 3 is 2.65 bits per heavy atom. The molecule has 1 aromatic heterocycles. The molecule has 1 saturated carbocycles. The fourth-order valence-corrected chi connectivity index (χ4v) is 3.81. The highest BCUT2D eigenvalue weighted by Crippen LogP contribution is 2.33. The van der Waals surface area contributed by atoms with Gasteiger partial charge in [0, 0.05) is 23.8 Å². The molecule has 5 nitrogen and oxygen atoms in total. The van der Waals surface area contributed by atoms with Gasteiger partial charge in [-0.2, -0.15) is 5.10 Å². The Hall–Kier alpha value is -1.85. The van der Waals surface area contributed by atoms with E-state index in [-0.39, 0.29) is 24.4 Å². The van der Waals surface area contributed by atoms with Crippen LogP contribution in [0, 0.1) is 5.92 Å². The molecule has 2 aliphatic carbocycles. The van der Waals surface area contributed by atoms with Crippen LogP contribution in [0.3, 0.4) is 0 Å². The van der Waals surface area contributed by atoms with E-state index in [2.05, 4.69) is 41.6 Å². The number of carbonyl (C=O) groups excluding carboxylic acids is 1. The van der Waals surface area contributed by atoms with Crippen LogP contribution in [0.1, 0.15) is 53.5 Å². The molecule has 1 atom stereocenters. The van der Waals surface area contributed by atoms with Crippen LogP contribution in [-0.4, -0.2) is 28.3 Å². The van der Waals surface area contributed by atoms with Crippen molar-refractivity contribution >= 4 is 18.3 Å². The molecule has 0 aliphatic heterocycles. The number of aromatic nitrogens is 2. The first-order valence-corrected chi connectivity index (χ1v) is 9.42. The average molecular weight is 375 g/mol. The first kappa shape index (κ1) is 18.9. The van der Waals surface area contributed by atoms with Gasteiger partial charge in [-0.1, -0.05) is 19.1 Å². The van der Waals surface area contributed by atoms with Gasteiger partial charge >= 0.3 is 0 Å². The lowest BCUT2D eigenvalue weighted by Gasteiger charge is -2.15. The average Bonchev–Trinajstić information content (AvgIpc) is 3.26. The number of nitrogens with two attached hydrogens (primary N) is 1.